The second-order valence-electron chi connectivity index (χ2n) is 5.80. The molecule has 3 aromatic rings. The van der Waals surface area contributed by atoms with Gasteiger partial charge in [0, 0.05) is 41.8 Å². The zero-order valence-electron chi connectivity index (χ0n) is 14.4. The van der Waals surface area contributed by atoms with Crippen LogP contribution in [0.1, 0.15) is 30.1 Å². The van der Waals surface area contributed by atoms with Crippen LogP contribution in [0.3, 0.4) is 0 Å². The van der Waals surface area contributed by atoms with Crippen LogP contribution in [0.4, 0.5) is 0 Å². The summed E-state index contributed by atoms with van der Waals surface area (Å²) in [7, 11) is 0.613. The number of nitrogens with zero attached hydrogens (tertiary/aromatic N) is 2. The van der Waals surface area contributed by atoms with Crippen LogP contribution in [0.25, 0.3) is 16.7 Å². The minimum absolute atomic E-state index is 0.110. The average Bonchev–Trinajstić information content (AvgIpc) is 3.08. The van der Waals surface area contributed by atoms with Crippen molar-refractivity contribution in [3.05, 3.63) is 54.4 Å². The molecule has 5 nitrogen and oxygen atoms in total. The van der Waals surface area contributed by atoms with Crippen LogP contribution in [-0.4, -0.2) is 32.5 Å². The van der Waals surface area contributed by atoms with Crippen molar-refractivity contribution in [2.75, 3.05) is 12.8 Å². The first kappa shape index (κ1) is 17.4. The van der Waals surface area contributed by atoms with E-state index in [0.29, 0.717) is 11.3 Å². The molecule has 6 heteroatoms. The van der Waals surface area contributed by atoms with Gasteiger partial charge in [-0.3, -0.25) is 9.00 Å². The third-order valence-electron chi connectivity index (χ3n) is 4.08. The molecule has 0 saturated carbocycles. The number of pyridine rings is 1. The zero-order valence-corrected chi connectivity index (χ0v) is 15.2. The van der Waals surface area contributed by atoms with Gasteiger partial charge in [0.2, 0.25) is 0 Å². The highest BCUT2D eigenvalue weighted by Gasteiger charge is 2.10. The molecule has 1 unspecified atom stereocenters. The first-order valence-corrected chi connectivity index (χ1v) is 9.64. The van der Waals surface area contributed by atoms with Crippen molar-refractivity contribution >= 4 is 27.7 Å². The summed E-state index contributed by atoms with van der Waals surface area (Å²) in [6.45, 7) is 2.09. The number of amides is 1. The Kier molecular flexibility index (Phi) is 5.28. The molecule has 1 N–H and O–H groups in total. The third-order valence-corrected chi connectivity index (χ3v) is 5.49. The van der Waals surface area contributed by atoms with Crippen LogP contribution in [0, 0.1) is 0 Å². The zero-order chi connectivity index (χ0) is 17.8. The minimum Gasteiger partial charge on any atom is -0.355 e. The van der Waals surface area contributed by atoms with Crippen LogP contribution < -0.4 is 5.32 Å². The van der Waals surface area contributed by atoms with Gasteiger partial charge in [0.15, 0.2) is 0 Å². The molecular formula is C19H21N3O2S. The van der Waals surface area contributed by atoms with Crippen molar-refractivity contribution in [1.82, 2.24) is 14.9 Å². The summed E-state index contributed by atoms with van der Waals surface area (Å²) in [6, 6.07) is 11.3. The number of carbonyl (C=O) groups is 1. The van der Waals surface area contributed by atoms with E-state index in [2.05, 4.69) is 17.2 Å². The first-order chi connectivity index (χ1) is 12.1. The van der Waals surface area contributed by atoms with Gasteiger partial charge in [-0.25, -0.2) is 4.98 Å². The highest BCUT2D eigenvalue weighted by atomic mass is 32.2. The molecule has 1 aromatic carbocycles. The van der Waals surface area contributed by atoms with Crippen LogP contribution in [0.2, 0.25) is 0 Å². The van der Waals surface area contributed by atoms with E-state index >= 15 is 0 Å². The molecule has 1 amide bonds. The number of rotatable bonds is 6. The molecule has 1 atom stereocenters. The molecule has 130 valence electrons. The summed E-state index contributed by atoms with van der Waals surface area (Å²) >= 11 is 0. The molecule has 25 heavy (non-hydrogen) atoms. The van der Waals surface area contributed by atoms with Crippen molar-refractivity contribution in [3.8, 4) is 5.69 Å². The van der Waals surface area contributed by atoms with Gasteiger partial charge in [-0.15, -0.1) is 0 Å². The fourth-order valence-electron chi connectivity index (χ4n) is 2.65. The summed E-state index contributed by atoms with van der Waals surface area (Å²) in [5.74, 6) is 0.562. The Morgan fingerprint density at radius 2 is 2.00 bits per heavy atom. The van der Waals surface area contributed by atoms with E-state index in [1.807, 2.05) is 35.0 Å². The number of nitrogens with one attached hydrogen (secondary N) is 1. The average molecular weight is 355 g/mol. The molecular weight excluding hydrogens is 334 g/mol. The second kappa shape index (κ2) is 7.61. The van der Waals surface area contributed by atoms with E-state index in [0.717, 1.165) is 34.5 Å². The lowest BCUT2D eigenvalue weighted by molar-refractivity contribution is 0.0963. The van der Waals surface area contributed by atoms with Crippen LogP contribution in [0.15, 0.2) is 53.7 Å². The standard InChI is InChI=1S/C19H21N3O2S/c1-3-4-11-25(24)17-12-15-9-10-22(18(15)21-13-17)16-7-5-14(6-8-16)19(23)20-2/h5-10,12-13H,3-4,11H2,1-2H3,(H,20,23). The summed E-state index contributed by atoms with van der Waals surface area (Å²) in [5, 5.41) is 3.57. The highest BCUT2D eigenvalue weighted by molar-refractivity contribution is 7.85. The van der Waals surface area contributed by atoms with Gasteiger partial charge in [0.25, 0.3) is 5.91 Å². The summed E-state index contributed by atoms with van der Waals surface area (Å²) in [4.78, 5) is 16.9. The van der Waals surface area contributed by atoms with Gasteiger partial charge >= 0.3 is 0 Å². The number of aromatic nitrogens is 2. The lowest BCUT2D eigenvalue weighted by atomic mass is 10.2. The Labute approximate surface area is 149 Å². The maximum atomic E-state index is 12.3. The number of fused-ring (bicyclic) bond motifs is 1. The largest absolute Gasteiger partial charge is 0.355 e. The lowest BCUT2D eigenvalue weighted by Gasteiger charge is -2.07. The van der Waals surface area contributed by atoms with E-state index in [4.69, 9.17) is 0 Å². The molecule has 0 saturated heterocycles. The monoisotopic (exact) mass is 355 g/mol. The number of carbonyl (C=O) groups excluding carboxylic acids is 1. The van der Waals surface area contributed by atoms with E-state index in [9.17, 15) is 9.00 Å². The van der Waals surface area contributed by atoms with Crippen molar-refractivity contribution in [2.45, 2.75) is 24.7 Å². The molecule has 2 aromatic heterocycles. The SMILES string of the molecule is CCCCS(=O)c1cnc2c(ccn2-c2ccc(C(=O)NC)cc2)c1. The molecule has 0 aliphatic heterocycles. The molecule has 0 bridgehead atoms. The normalized spacial score (nSPS) is 12.2. The van der Waals surface area contributed by atoms with Crippen LogP contribution in [0.5, 0.6) is 0 Å². The van der Waals surface area contributed by atoms with Crippen molar-refractivity contribution in [1.29, 1.82) is 0 Å². The minimum atomic E-state index is -1.00. The van der Waals surface area contributed by atoms with E-state index < -0.39 is 10.8 Å². The Hall–Kier alpha value is -2.47. The molecule has 2 heterocycles. The Morgan fingerprint density at radius 1 is 1.24 bits per heavy atom. The summed E-state index contributed by atoms with van der Waals surface area (Å²) < 4.78 is 14.2. The van der Waals surface area contributed by atoms with Gasteiger partial charge in [-0.05, 0) is 42.8 Å². The van der Waals surface area contributed by atoms with Gasteiger partial charge in [-0.1, -0.05) is 13.3 Å². The maximum Gasteiger partial charge on any atom is 0.251 e. The van der Waals surface area contributed by atoms with Crippen molar-refractivity contribution in [3.63, 3.8) is 0 Å². The van der Waals surface area contributed by atoms with Crippen LogP contribution in [-0.2, 0) is 10.8 Å². The molecule has 0 spiro atoms. The smallest absolute Gasteiger partial charge is 0.251 e. The fraction of sp³-hybridized carbons (Fsp3) is 0.263. The molecule has 3 rings (SSSR count). The van der Waals surface area contributed by atoms with Crippen LogP contribution >= 0.6 is 0 Å². The number of unbranched alkanes of at least 4 members (excludes halogenated alkanes) is 1. The van der Waals surface area contributed by atoms with E-state index in [-0.39, 0.29) is 5.91 Å². The molecule has 0 aliphatic rings. The lowest BCUT2D eigenvalue weighted by Crippen LogP contribution is -2.17. The molecule has 0 radical (unpaired) electrons. The van der Waals surface area contributed by atoms with Gasteiger partial charge < -0.3 is 9.88 Å². The van der Waals surface area contributed by atoms with Crippen molar-refractivity contribution < 1.29 is 9.00 Å². The number of benzene rings is 1. The molecule has 0 aliphatic carbocycles. The predicted molar refractivity (Wildman–Crippen MR) is 101 cm³/mol. The number of hydrogen-bond acceptors (Lipinski definition) is 3. The quantitative estimate of drug-likeness (QED) is 0.738. The topological polar surface area (TPSA) is 64.0 Å². The highest BCUT2D eigenvalue weighted by Crippen LogP contribution is 2.21. The van der Waals surface area contributed by atoms with E-state index in [1.54, 1.807) is 25.4 Å². The maximum absolute atomic E-state index is 12.3. The van der Waals surface area contributed by atoms with Gasteiger partial charge in [0.05, 0.1) is 15.7 Å². The van der Waals surface area contributed by atoms with Gasteiger partial charge in [0.1, 0.15) is 5.65 Å². The Bertz CT molecular complexity index is 916. The molecule has 0 fully saturated rings. The summed E-state index contributed by atoms with van der Waals surface area (Å²) in [5.41, 5.74) is 2.35. The van der Waals surface area contributed by atoms with Crippen molar-refractivity contribution in [2.24, 2.45) is 0 Å². The first-order valence-electron chi connectivity index (χ1n) is 8.32. The van der Waals surface area contributed by atoms with E-state index in [1.165, 1.54) is 0 Å². The third kappa shape index (κ3) is 3.64. The van der Waals surface area contributed by atoms with Gasteiger partial charge in [-0.2, -0.15) is 0 Å². The summed E-state index contributed by atoms with van der Waals surface area (Å²) in [6.07, 6.45) is 5.61. The predicted octanol–water partition coefficient (Wildman–Crippen LogP) is 3.29. The fourth-order valence-corrected chi connectivity index (χ4v) is 3.86. The second-order valence-corrected chi connectivity index (χ2v) is 7.37. The Balaban J connectivity index is 1.91. The Morgan fingerprint density at radius 3 is 2.68 bits per heavy atom. The number of hydrogen-bond donors (Lipinski definition) is 1.